The SMILES string of the molecule is CCCCCCCCC(=O)c1noc(CCCCCCCC)c1[N+](=O)[O-]. The molecule has 0 N–H and O–H groups in total. The van der Waals surface area contributed by atoms with E-state index in [9.17, 15) is 14.9 Å². The minimum atomic E-state index is -0.516. The normalized spacial score (nSPS) is 11.0. The zero-order valence-corrected chi connectivity index (χ0v) is 16.4. The molecule has 0 saturated carbocycles. The van der Waals surface area contributed by atoms with E-state index in [2.05, 4.69) is 19.0 Å². The van der Waals surface area contributed by atoms with E-state index in [1.807, 2.05) is 0 Å². The second-order valence-electron chi connectivity index (χ2n) is 7.02. The van der Waals surface area contributed by atoms with Gasteiger partial charge < -0.3 is 4.52 Å². The van der Waals surface area contributed by atoms with Crippen molar-refractivity contribution in [3.63, 3.8) is 0 Å². The van der Waals surface area contributed by atoms with Crippen molar-refractivity contribution in [3.8, 4) is 0 Å². The van der Waals surface area contributed by atoms with Crippen molar-refractivity contribution in [2.75, 3.05) is 0 Å². The van der Waals surface area contributed by atoms with Crippen LogP contribution in [0.25, 0.3) is 0 Å². The number of hydrogen-bond acceptors (Lipinski definition) is 5. The summed E-state index contributed by atoms with van der Waals surface area (Å²) in [7, 11) is 0. The standard InChI is InChI=1S/C20H34N2O4/c1-3-5-7-9-11-13-15-17(23)19-20(22(24)25)18(26-21-19)16-14-12-10-8-6-4-2/h3-16H2,1-2H3. The van der Waals surface area contributed by atoms with Crippen LogP contribution in [0.4, 0.5) is 5.69 Å². The van der Waals surface area contributed by atoms with Gasteiger partial charge in [-0.3, -0.25) is 14.9 Å². The molecule has 0 radical (unpaired) electrons. The Kier molecular flexibility index (Phi) is 11.6. The van der Waals surface area contributed by atoms with Crippen LogP contribution in [0.1, 0.15) is 114 Å². The Hall–Kier alpha value is -1.72. The number of carbonyl (C=O) groups excluding carboxylic acids is 1. The Labute approximate surface area is 156 Å². The molecule has 0 bridgehead atoms. The molecule has 0 aliphatic rings. The van der Waals surface area contributed by atoms with E-state index in [1.165, 1.54) is 38.5 Å². The van der Waals surface area contributed by atoms with Gasteiger partial charge in [-0.1, -0.05) is 83.2 Å². The Morgan fingerprint density at radius 3 is 2.04 bits per heavy atom. The van der Waals surface area contributed by atoms with Gasteiger partial charge in [0, 0.05) is 12.8 Å². The monoisotopic (exact) mass is 366 g/mol. The fourth-order valence-electron chi connectivity index (χ4n) is 3.10. The summed E-state index contributed by atoms with van der Waals surface area (Å²) in [6.45, 7) is 4.33. The second-order valence-corrected chi connectivity index (χ2v) is 7.02. The molecule has 148 valence electrons. The molecule has 1 rings (SSSR count). The predicted octanol–water partition coefficient (Wildman–Crippen LogP) is 6.42. The van der Waals surface area contributed by atoms with Crippen LogP contribution in [0.5, 0.6) is 0 Å². The maximum atomic E-state index is 12.3. The molecule has 0 amide bonds. The van der Waals surface area contributed by atoms with Crippen LogP contribution in [-0.4, -0.2) is 15.9 Å². The average molecular weight is 367 g/mol. The molecular formula is C20H34N2O4. The fourth-order valence-corrected chi connectivity index (χ4v) is 3.10. The number of unbranched alkanes of at least 4 members (excludes halogenated alkanes) is 10. The number of Topliss-reactive ketones (excluding diaryl/α,β-unsaturated/α-hetero) is 1. The van der Waals surface area contributed by atoms with Crippen LogP contribution in [-0.2, 0) is 6.42 Å². The summed E-state index contributed by atoms with van der Waals surface area (Å²) < 4.78 is 5.15. The number of hydrogen-bond donors (Lipinski definition) is 0. The largest absolute Gasteiger partial charge is 0.353 e. The molecule has 0 aromatic carbocycles. The number of nitrogens with zero attached hydrogens (tertiary/aromatic N) is 2. The lowest BCUT2D eigenvalue weighted by Crippen LogP contribution is -2.04. The minimum Gasteiger partial charge on any atom is -0.353 e. The van der Waals surface area contributed by atoms with Gasteiger partial charge in [-0.2, -0.15) is 0 Å². The van der Waals surface area contributed by atoms with E-state index in [1.54, 1.807) is 0 Å². The van der Waals surface area contributed by atoms with Crippen LogP contribution in [0.2, 0.25) is 0 Å². The first-order valence-electron chi connectivity index (χ1n) is 10.3. The molecule has 1 aromatic rings. The number of ketones is 1. The highest BCUT2D eigenvalue weighted by atomic mass is 16.6. The fraction of sp³-hybridized carbons (Fsp3) is 0.800. The molecule has 0 unspecified atom stereocenters. The lowest BCUT2D eigenvalue weighted by Gasteiger charge is -2.00. The number of rotatable bonds is 16. The van der Waals surface area contributed by atoms with E-state index < -0.39 is 4.92 Å². The maximum Gasteiger partial charge on any atom is 0.342 e. The molecule has 0 spiro atoms. The van der Waals surface area contributed by atoms with Gasteiger partial charge in [-0.25, -0.2) is 0 Å². The van der Waals surface area contributed by atoms with Crippen molar-refractivity contribution >= 4 is 11.5 Å². The smallest absolute Gasteiger partial charge is 0.342 e. The molecule has 26 heavy (non-hydrogen) atoms. The van der Waals surface area contributed by atoms with Gasteiger partial charge in [0.1, 0.15) is 0 Å². The van der Waals surface area contributed by atoms with E-state index in [0.717, 1.165) is 38.5 Å². The predicted molar refractivity (Wildman–Crippen MR) is 103 cm³/mol. The first kappa shape index (κ1) is 22.3. The van der Waals surface area contributed by atoms with E-state index in [0.29, 0.717) is 12.8 Å². The molecule has 0 aliphatic heterocycles. The van der Waals surface area contributed by atoms with Gasteiger partial charge in [-0.05, 0) is 12.8 Å². The van der Waals surface area contributed by atoms with Crippen molar-refractivity contribution in [2.45, 2.75) is 104 Å². The van der Waals surface area contributed by atoms with E-state index in [4.69, 9.17) is 4.52 Å². The van der Waals surface area contributed by atoms with Gasteiger partial charge >= 0.3 is 5.69 Å². The zero-order chi connectivity index (χ0) is 19.2. The molecule has 0 saturated heterocycles. The number of aromatic nitrogens is 1. The third-order valence-corrected chi connectivity index (χ3v) is 4.70. The van der Waals surface area contributed by atoms with Gasteiger partial charge in [0.25, 0.3) is 0 Å². The Morgan fingerprint density at radius 2 is 1.46 bits per heavy atom. The summed E-state index contributed by atoms with van der Waals surface area (Å²) in [5.41, 5.74) is -0.306. The molecule has 6 heteroatoms. The number of aryl methyl sites for hydroxylation is 1. The molecule has 1 heterocycles. The van der Waals surface area contributed by atoms with Crippen molar-refractivity contribution in [2.24, 2.45) is 0 Å². The maximum absolute atomic E-state index is 12.3. The average Bonchev–Trinajstić information content (AvgIpc) is 3.05. The third kappa shape index (κ3) is 8.11. The van der Waals surface area contributed by atoms with Crippen LogP contribution < -0.4 is 0 Å². The van der Waals surface area contributed by atoms with Gasteiger partial charge in [-0.15, -0.1) is 0 Å². The van der Waals surface area contributed by atoms with Crippen LogP contribution >= 0.6 is 0 Å². The van der Waals surface area contributed by atoms with Crippen LogP contribution in [0, 0.1) is 10.1 Å². The minimum absolute atomic E-state index is 0.0930. The third-order valence-electron chi connectivity index (χ3n) is 4.70. The van der Waals surface area contributed by atoms with Crippen molar-refractivity contribution < 1.29 is 14.2 Å². The molecule has 0 aliphatic carbocycles. The summed E-state index contributed by atoms with van der Waals surface area (Å²) in [5, 5.41) is 15.1. The van der Waals surface area contributed by atoms with Gasteiger partial charge in [0.15, 0.2) is 5.78 Å². The number of nitro groups is 1. The highest BCUT2D eigenvalue weighted by Crippen LogP contribution is 2.27. The Morgan fingerprint density at radius 1 is 0.923 bits per heavy atom. The molecule has 6 nitrogen and oxygen atoms in total. The zero-order valence-electron chi connectivity index (χ0n) is 16.4. The van der Waals surface area contributed by atoms with Crippen molar-refractivity contribution in [1.82, 2.24) is 5.16 Å². The van der Waals surface area contributed by atoms with E-state index >= 15 is 0 Å². The van der Waals surface area contributed by atoms with Gasteiger partial charge in [0.05, 0.1) is 4.92 Å². The molecule has 0 atom stereocenters. The Bertz CT molecular complexity index is 540. The quantitative estimate of drug-likeness (QED) is 0.146. The number of carbonyl (C=O) groups is 1. The summed E-state index contributed by atoms with van der Waals surface area (Å²) in [4.78, 5) is 23.2. The highest BCUT2D eigenvalue weighted by Gasteiger charge is 2.30. The topological polar surface area (TPSA) is 86.2 Å². The molecule has 1 aromatic heterocycles. The summed E-state index contributed by atoms with van der Waals surface area (Å²) in [5.74, 6) is -0.0260. The molecule has 0 fully saturated rings. The highest BCUT2D eigenvalue weighted by molar-refractivity contribution is 5.98. The second kappa shape index (κ2) is 13.5. The van der Waals surface area contributed by atoms with Crippen molar-refractivity contribution in [3.05, 3.63) is 21.6 Å². The van der Waals surface area contributed by atoms with E-state index in [-0.39, 0.29) is 22.9 Å². The lowest BCUT2D eigenvalue weighted by molar-refractivity contribution is -0.386. The van der Waals surface area contributed by atoms with Crippen LogP contribution in [0.3, 0.4) is 0 Å². The summed E-state index contributed by atoms with van der Waals surface area (Å²) in [6.07, 6.45) is 13.7. The summed E-state index contributed by atoms with van der Waals surface area (Å²) in [6, 6.07) is 0. The van der Waals surface area contributed by atoms with Crippen molar-refractivity contribution in [1.29, 1.82) is 0 Å². The summed E-state index contributed by atoms with van der Waals surface area (Å²) >= 11 is 0. The molecular weight excluding hydrogens is 332 g/mol. The van der Waals surface area contributed by atoms with Crippen LogP contribution in [0.15, 0.2) is 4.52 Å². The first-order chi connectivity index (χ1) is 12.6. The Balaban J connectivity index is 2.48. The lowest BCUT2D eigenvalue weighted by atomic mass is 10.0. The van der Waals surface area contributed by atoms with Gasteiger partial charge in [0.2, 0.25) is 11.5 Å². The first-order valence-corrected chi connectivity index (χ1v) is 10.3.